The minimum atomic E-state index is -0.971. The lowest BCUT2D eigenvalue weighted by Crippen LogP contribution is -2.44. The van der Waals surface area contributed by atoms with Crippen LogP contribution < -0.4 is 10.6 Å². The SMILES string of the molecule is O=C(NCc1ccc(C(=O)O)cc1)NC1CCN(C(=O)C2CCCCC2)C1. The highest BCUT2D eigenvalue weighted by Gasteiger charge is 2.31. The second-order valence-corrected chi connectivity index (χ2v) is 7.43. The summed E-state index contributed by atoms with van der Waals surface area (Å²) in [6.07, 6.45) is 6.28. The highest BCUT2D eigenvalue weighted by Crippen LogP contribution is 2.26. The first-order valence-corrected chi connectivity index (χ1v) is 9.68. The molecule has 1 heterocycles. The molecule has 1 unspecified atom stereocenters. The van der Waals surface area contributed by atoms with E-state index in [1.807, 2.05) is 4.90 Å². The molecule has 1 aromatic carbocycles. The van der Waals surface area contributed by atoms with Crippen LogP contribution in [0.1, 0.15) is 54.4 Å². The average molecular weight is 373 g/mol. The van der Waals surface area contributed by atoms with Crippen LogP contribution in [0.25, 0.3) is 0 Å². The van der Waals surface area contributed by atoms with Crippen molar-refractivity contribution in [2.75, 3.05) is 13.1 Å². The van der Waals surface area contributed by atoms with E-state index in [-0.39, 0.29) is 29.5 Å². The number of benzene rings is 1. The van der Waals surface area contributed by atoms with Crippen molar-refractivity contribution in [3.63, 3.8) is 0 Å². The van der Waals surface area contributed by atoms with Crippen molar-refractivity contribution in [1.29, 1.82) is 0 Å². The van der Waals surface area contributed by atoms with Crippen LogP contribution in [0.4, 0.5) is 4.79 Å². The summed E-state index contributed by atoms with van der Waals surface area (Å²) in [6, 6.07) is 6.11. The topological polar surface area (TPSA) is 98.7 Å². The van der Waals surface area contributed by atoms with Gasteiger partial charge in [-0.25, -0.2) is 9.59 Å². The summed E-state index contributed by atoms with van der Waals surface area (Å²) >= 11 is 0. The smallest absolute Gasteiger partial charge is 0.335 e. The third-order valence-electron chi connectivity index (χ3n) is 5.44. The maximum Gasteiger partial charge on any atom is 0.335 e. The Morgan fingerprint density at radius 2 is 1.74 bits per heavy atom. The lowest BCUT2D eigenvalue weighted by atomic mass is 9.88. The van der Waals surface area contributed by atoms with E-state index in [4.69, 9.17) is 5.11 Å². The molecule has 1 atom stereocenters. The first-order chi connectivity index (χ1) is 13.0. The van der Waals surface area contributed by atoms with Gasteiger partial charge in [0, 0.05) is 31.6 Å². The van der Waals surface area contributed by atoms with Crippen LogP contribution in [0.5, 0.6) is 0 Å². The van der Waals surface area contributed by atoms with E-state index in [0.29, 0.717) is 19.6 Å². The largest absolute Gasteiger partial charge is 0.478 e. The Morgan fingerprint density at radius 3 is 2.41 bits per heavy atom. The Morgan fingerprint density at radius 1 is 1.04 bits per heavy atom. The molecule has 146 valence electrons. The fourth-order valence-electron chi connectivity index (χ4n) is 3.87. The summed E-state index contributed by atoms with van der Waals surface area (Å²) < 4.78 is 0. The van der Waals surface area contributed by atoms with Crippen molar-refractivity contribution < 1.29 is 19.5 Å². The Kier molecular flexibility index (Phi) is 6.32. The second kappa shape index (κ2) is 8.88. The zero-order valence-electron chi connectivity index (χ0n) is 15.4. The highest BCUT2D eigenvalue weighted by molar-refractivity contribution is 5.87. The number of carboxylic acids is 1. The van der Waals surface area contributed by atoms with Crippen molar-refractivity contribution in [2.45, 2.75) is 51.1 Å². The lowest BCUT2D eigenvalue weighted by Gasteiger charge is -2.26. The van der Waals surface area contributed by atoms with Gasteiger partial charge in [0.25, 0.3) is 0 Å². The summed E-state index contributed by atoms with van der Waals surface area (Å²) in [5, 5.41) is 14.6. The molecular weight excluding hydrogens is 346 g/mol. The van der Waals surface area contributed by atoms with E-state index in [2.05, 4.69) is 10.6 Å². The summed E-state index contributed by atoms with van der Waals surface area (Å²) in [5.41, 5.74) is 1.05. The molecule has 0 spiro atoms. The lowest BCUT2D eigenvalue weighted by molar-refractivity contribution is -0.135. The fourth-order valence-corrected chi connectivity index (χ4v) is 3.87. The van der Waals surface area contributed by atoms with Gasteiger partial charge in [-0.15, -0.1) is 0 Å². The molecule has 2 fully saturated rings. The van der Waals surface area contributed by atoms with Crippen LogP contribution in [0.15, 0.2) is 24.3 Å². The number of hydrogen-bond donors (Lipinski definition) is 3. The number of hydrogen-bond acceptors (Lipinski definition) is 3. The van der Waals surface area contributed by atoms with E-state index < -0.39 is 5.97 Å². The molecule has 27 heavy (non-hydrogen) atoms. The molecule has 3 N–H and O–H groups in total. The molecular formula is C20H27N3O4. The Bertz CT molecular complexity index is 683. The van der Waals surface area contributed by atoms with E-state index in [1.54, 1.807) is 12.1 Å². The monoisotopic (exact) mass is 373 g/mol. The minimum Gasteiger partial charge on any atom is -0.478 e. The number of likely N-dealkylation sites (tertiary alicyclic amines) is 1. The summed E-state index contributed by atoms with van der Waals surface area (Å²) in [5.74, 6) is -0.557. The van der Waals surface area contributed by atoms with Crippen LogP contribution in [0.2, 0.25) is 0 Å². The molecule has 1 saturated carbocycles. The first kappa shape index (κ1) is 19.2. The van der Waals surface area contributed by atoms with Gasteiger partial charge in [-0.05, 0) is 37.0 Å². The van der Waals surface area contributed by atoms with Crippen molar-refractivity contribution in [3.05, 3.63) is 35.4 Å². The predicted octanol–water partition coefficient (Wildman–Crippen LogP) is 2.37. The summed E-state index contributed by atoms with van der Waals surface area (Å²) in [6.45, 7) is 1.61. The Labute approximate surface area is 159 Å². The van der Waals surface area contributed by atoms with Crippen LogP contribution >= 0.6 is 0 Å². The van der Waals surface area contributed by atoms with Crippen LogP contribution in [-0.4, -0.2) is 47.0 Å². The molecule has 2 aliphatic rings. The fraction of sp³-hybridized carbons (Fsp3) is 0.550. The average Bonchev–Trinajstić information content (AvgIpc) is 3.15. The number of rotatable bonds is 5. The maximum absolute atomic E-state index is 12.6. The van der Waals surface area contributed by atoms with E-state index in [0.717, 1.165) is 37.7 Å². The summed E-state index contributed by atoms with van der Waals surface area (Å²) in [7, 11) is 0. The molecule has 0 bridgehead atoms. The zero-order chi connectivity index (χ0) is 19.2. The molecule has 0 radical (unpaired) electrons. The quantitative estimate of drug-likeness (QED) is 0.738. The van der Waals surface area contributed by atoms with E-state index in [9.17, 15) is 14.4 Å². The normalized spacial score (nSPS) is 20.3. The van der Waals surface area contributed by atoms with Gasteiger partial charge in [-0.2, -0.15) is 0 Å². The van der Waals surface area contributed by atoms with Gasteiger partial charge in [0.2, 0.25) is 5.91 Å². The third-order valence-corrected chi connectivity index (χ3v) is 5.44. The molecule has 7 heteroatoms. The Hall–Kier alpha value is -2.57. The number of carbonyl (C=O) groups is 3. The zero-order valence-corrected chi connectivity index (χ0v) is 15.4. The van der Waals surface area contributed by atoms with Gasteiger partial charge < -0.3 is 20.6 Å². The van der Waals surface area contributed by atoms with Crippen LogP contribution in [0, 0.1) is 5.92 Å². The molecule has 3 amide bonds. The van der Waals surface area contributed by atoms with E-state index >= 15 is 0 Å². The third kappa shape index (κ3) is 5.21. The van der Waals surface area contributed by atoms with E-state index in [1.165, 1.54) is 18.6 Å². The molecule has 1 saturated heterocycles. The first-order valence-electron chi connectivity index (χ1n) is 9.68. The molecule has 1 aliphatic carbocycles. The molecule has 7 nitrogen and oxygen atoms in total. The van der Waals surface area contributed by atoms with Gasteiger partial charge >= 0.3 is 12.0 Å². The molecule has 1 aliphatic heterocycles. The summed E-state index contributed by atoms with van der Waals surface area (Å²) in [4.78, 5) is 37.4. The number of nitrogens with one attached hydrogen (secondary N) is 2. The van der Waals surface area contributed by atoms with Crippen LogP contribution in [-0.2, 0) is 11.3 Å². The van der Waals surface area contributed by atoms with Crippen molar-refractivity contribution in [3.8, 4) is 0 Å². The van der Waals surface area contributed by atoms with Gasteiger partial charge in [0.15, 0.2) is 0 Å². The number of amides is 3. The van der Waals surface area contributed by atoms with Crippen molar-refractivity contribution in [2.24, 2.45) is 5.92 Å². The van der Waals surface area contributed by atoms with Crippen molar-refractivity contribution in [1.82, 2.24) is 15.5 Å². The van der Waals surface area contributed by atoms with Crippen molar-refractivity contribution >= 4 is 17.9 Å². The number of carboxylic acid groups (broad SMARTS) is 1. The number of aromatic carboxylic acids is 1. The standard InChI is InChI=1S/C20H27N3O4/c24-18(15-4-2-1-3-5-15)23-11-10-17(13-23)22-20(27)21-12-14-6-8-16(9-7-14)19(25)26/h6-9,15,17H,1-5,10-13H2,(H,25,26)(H2,21,22,27). The minimum absolute atomic E-state index is 0.0214. The number of nitrogens with zero attached hydrogens (tertiary/aromatic N) is 1. The Balaban J connectivity index is 1.40. The highest BCUT2D eigenvalue weighted by atomic mass is 16.4. The number of urea groups is 1. The van der Waals surface area contributed by atoms with Gasteiger partial charge in [-0.1, -0.05) is 31.4 Å². The second-order valence-electron chi connectivity index (χ2n) is 7.43. The molecule has 0 aromatic heterocycles. The number of carbonyl (C=O) groups excluding carboxylic acids is 2. The predicted molar refractivity (Wildman–Crippen MR) is 100 cm³/mol. The van der Waals surface area contributed by atoms with Gasteiger partial charge in [0.1, 0.15) is 0 Å². The maximum atomic E-state index is 12.6. The van der Waals surface area contributed by atoms with Gasteiger partial charge in [0.05, 0.1) is 5.56 Å². The molecule has 3 rings (SSSR count). The van der Waals surface area contributed by atoms with Gasteiger partial charge in [-0.3, -0.25) is 4.79 Å². The molecule has 1 aromatic rings. The van der Waals surface area contributed by atoms with Crippen LogP contribution in [0.3, 0.4) is 0 Å².